The van der Waals surface area contributed by atoms with Crippen LogP contribution in [0.4, 0.5) is 5.69 Å². The number of carbonyl (C=O) groups is 3. The van der Waals surface area contributed by atoms with Gasteiger partial charge in [-0.2, -0.15) is 0 Å². The first-order valence-electron chi connectivity index (χ1n) is 12.6. The summed E-state index contributed by atoms with van der Waals surface area (Å²) in [4.78, 5) is 41.2. The number of anilines is 1. The van der Waals surface area contributed by atoms with Crippen molar-refractivity contribution in [3.8, 4) is 22.6 Å². The Morgan fingerprint density at radius 3 is 2.58 bits per heavy atom. The van der Waals surface area contributed by atoms with Crippen molar-refractivity contribution in [1.82, 2.24) is 10.2 Å². The third-order valence-corrected chi connectivity index (χ3v) is 7.55. The third kappa shape index (κ3) is 4.63. The molecule has 3 amide bonds. The van der Waals surface area contributed by atoms with Gasteiger partial charge in [0.25, 0.3) is 5.91 Å². The topological polar surface area (TPSA) is 114 Å². The standard InChI is InChI=1S/C27H32N4O5/c1-35-19-4-5-20(24(15-19)36-2)17-3-6-22-21(13-17)27(34)31-12-9-18(14-23(31)26(33)30-22)29-25(32)16-7-10-28-11-8-16/h3-6,13,15-16,18,23,28H,7-12,14H2,1-2H3,(H,29,32)(H,30,33)/p+1/t18-,23-/m0/s1. The van der Waals surface area contributed by atoms with Gasteiger partial charge >= 0.3 is 0 Å². The molecule has 2 fully saturated rings. The SMILES string of the molecule is COc1ccc(-c2ccc3c(c2)C(=O)N2CC[C@H](NC(=O)C4CC[NH2+]CC4)C[C@H]2C(=O)N3)c(OC)c1. The molecule has 0 aromatic heterocycles. The molecule has 0 unspecified atom stereocenters. The Morgan fingerprint density at radius 2 is 1.83 bits per heavy atom. The summed E-state index contributed by atoms with van der Waals surface area (Å²) in [7, 11) is 3.19. The smallest absolute Gasteiger partial charge is 0.256 e. The van der Waals surface area contributed by atoms with Gasteiger partial charge in [-0.1, -0.05) is 6.07 Å². The van der Waals surface area contributed by atoms with Crippen LogP contribution < -0.4 is 25.4 Å². The molecule has 0 bridgehead atoms. The van der Waals surface area contributed by atoms with Gasteiger partial charge in [0, 0.05) is 43.0 Å². The molecular formula is C27H33N4O5+. The molecule has 190 valence electrons. The number of methoxy groups -OCH3 is 2. The fraction of sp³-hybridized carbons (Fsp3) is 0.444. The molecule has 3 aliphatic heterocycles. The highest BCUT2D eigenvalue weighted by atomic mass is 16.5. The van der Waals surface area contributed by atoms with Crippen molar-refractivity contribution in [2.45, 2.75) is 37.8 Å². The van der Waals surface area contributed by atoms with E-state index in [0.717, 1.165) is 37.1 Å². The van der Waals surface area contributed by atoms with Crippen LogP contribution in [-0.2, 0) is 9.59 Å². The molecule has 2 aromatic carbocycles. The zero-order chi connectivity index (χ0) is 25.2. The molecule has 9 nitrogen and oxygen atoms in total. The van der Waals surface area contributed by atoms with Crippen LogP contribution in [0.15, 0.2) is 36.4 Å². The minimum atomic E-state index is -0.623. The maximum absolute atomic E-state index is 13.6. The number of nitrogens with one attached hydrogen (secondary N) is 2. The minimum Gasteiger partial charge on any atom is -0.497 e. The Bertz CT molecular complexity index is 1180. The van der Waals surface area contributed by atoms with Crippen LogP contribution >= 0.6 is 0 Å². The molecule has 0 spiro atoms. The van der Waals surface area contributed by atoms with E-state index in [2.05, 4.69) is 16.0 Å². The second kappa shape index (κ2) is 10.2. The first kappa shape index (κ1) is 24.1. The molecule has 0 radical (unpaired) electrons. The lowest BCUT2D eigenvalue weighted by Gasteiger charge is -2.38. The lowest BCUT2D eigenvalue weighted by molar-refractivity contribution is -0.664. The molecule has 2 aromatic rings. The van der Waals surface area contributed by atoms with Gasteiger partial charge in [0.2, 0.25) is 11.8 Å². The molecule has 0 aliphatic carbocycles. The quantitative estimate of drug-likeness (QED) is 0.583. The molecule has 9 heteroatoms. The number of amides is 3. The molecule has 2 atom stereocenters. The summed E-state index contributed by atoms with van der Waals surface area (Å²) in [6.45, 7) is 2.35. The summed E-state index contributed by atoms with van der Waals surface area (Å²) >= 11 is 0. The fourth-order valence-electron chi connectivity index (χ4n) is 5.50. The third-order valence-electron chi connectivity index (χ3n) is 7.55. The van der Waals surface area contributed by atoms with E-state index < -0.39 is 6.04 Å². The number of rotatable bonds is 5. The number of ether oxygens (including phenoxy) is 2. The van der Waals surface area contributed by atoms with E-state index in [1.54, 1.807) is 37.3 Å². The van der Waals surface area contributed by atoms with E-state index in [1.165, 1.54) is 0 Å². The summed E-state index contributed by atoms with van der Waals surface area (Å²) in [5.41, 5.74) is 2.57. The Morgan fingerprint density at radius 1 is 1.03 bits per heavy atom. The van der Waals surface area contributed by atoms with Crippen LogP contribution in [0.2, 0.25) is 0 Å². The van der Waals surface area contributed by atoms with Crippen molar-refractivity contribution in [3.63, 3.8) is 0 Å². The number of carbonyl (C=O) groups excluding carboxylic acids is 3. The monoisotopic (exact) mass is 493 g/mol. The first-order chi connectivity index (χ1) is 17.5. The molecule has 3 aliphatic rings. The van der Waals surface area contributed by atoms with E-state index in [0.29, 0.717) is 42.1 Å². The summed E-state index contributed by atoms with van der Waals surface area (Å²) in [6, 6.07) is 10.2. The van der Waals surface area contributed by atoms with Gasteiger partial charge in [-0.25, -0.2) is 0 Å². The van der Waals surface area contributed by atoms with Crippen LogP contribution in [0, 0.1) is 5.92 Å². The zero-order valence-electron chi connectivity index (χ0n) is 20.7. The van der Waals surface area contributed by atoms with Crippen molar-refractivity contribution < 1.29 is 29.2 Å². The van der Waals surface area contributed by atoms with Crippen molar-refractivity contribution in [2.75, 3.05) is 39.2 Å². The largest absolute Gasteiger partial charge is 0.497 e. The van der Waals surface area contributed by atoms with Gasteiger partial charge in [-0.15, -0.1) is 0 Å². The van der Waals surface area contributed by atoms with E-state index in [4.69, 9.17) is 9.47 Å². The molecule has 36 heavy (non-hydrogen) atoms. The number of hydrogen-bond acceptors (Lipinski definition) is 5. The highest BCUT2D eigenvalue weighted by Crippen LogP contribution is 2.37. The molecule has 5 rings (SSSR count). The average Bonchev–Trinajstić information content (AvgIpc) is 3.02. The molecule has 3 heterocycles. The Labute approximate surface area is 210 Å². The number of fused-ring (bicyclic) bond motifs is 2. The summed E-state index contributed by atoms with van der Waals surface area (Å²) < 4.78 is 10.8. The van der Waals surface area contributed by atoms with Crippen molar-refractivity contribution in [2.24, 2.45) is 5.92 Å². The summed E-state index contributed by atoms with van der Waals surface area (Å²) in [5, 5.41) is 8.34. The average molecular weight is 494 g/mol. The van der Waals surface area contributed by atoms with Gasteiger partial charge in [0.1, 0.15) is 17.5 Å². The van der Waals surface area contributed by atoms with Gasteiger partial charge in [0.15, 0.2) is 0 Å². The number of piperidine rings is 2. The Hall–Kier alpha value is -3.59. The number of nitrogens with zero attached hydrogens (tertiary/aromatic N) is 1. The Kier molecular flexibility index (Phi) is 6.82. The molecule has 0 saturated carbocycles. The van der Waals surface area contributed by atoms with Crippen LogP contribution in [-0.4, -0.2) is 68.6 Å². The van der Waals surface area contributed by atoms with Crippen molar-refractivity contribution >= 4 is 23.4 Å². The van der Waals surface area contributed by atoms with Gasteiger partial charge in [-0.05, 0) is 42.7 Å². The maximum atomic E-state index is 13.6. The van der Waals surface area contributed by atoms with E-state index in [1.807, 2.05) is 18.2 Å². The van der Waals surface area contributed by atoms with Crippen LogP contribution in [0.3, 0.4) is 0 Å². The number of hydrogen-bond donors (Lipinski definition) is 3. The normalized spacial score (nSPS) is 22.1. The summed E-state index contributed by atoms with van der Waals surface area (Å²) in [6.07, 6.45) is 2.80. The van der Waals surface area contributed by atoms with Crippen molar-refractivity contribution in [3.05, 3.63) is 42.0 Å². The lowest BCUT2D eigenvalue weighted by Crippen LogP contribution is -2.86. The van der Waals surface area contributed by atoms with Crippen LogP contribution in [0.5, 0.6) is 11.5 Å². The highest BCUT2D eigenvalue weighted by molar-refractivity contribution is 6.10. The summed E-state index contributed by atoms with van der Waals surface area (Å²) in [5.74, 6) is 1.01. The predicted molar refractivity (Wildman–Crippen MR) is 134 cm³/mol. The van der Waals surface area contributed by atoms with E-state index >= 15 is 0 Å². The number of benzene rings is 2. The van der Waals surface area contributed by atoms with Gasteiger partial charge in [0.05, 0.1) is 38.6 Å². The number of quaternary nitrogens is 1. The predicted octanol–water partition coefficient (Wildman–Crippen LogP) is 1.39. The minimum absolute atomic E-state index is 0.0373. The van der Waals surface area contributed by atoms with E-state index in [-0.39, 0.29) is 29.7 Å². The van der Waals surface area contributed by atoms with Crippen molar-refractivity contribution in [1.29, 1.82) is 0 Å². The first-order valence-corrected chi connectivity index (χ1v) is 12.6. The second-order valence-electron chi connectivity index (χ2n) is 9.70. The number of nitrogens with two attached hydrogens (primary N) is 1. The highest BCUT2D eigenvalue weighted by Gasteiger charge is 2.40. The molecular weight excluding hydrogens is 460 g/mol. The van der Waals surface area contributed by atoms with Crippen LogP contribution in [0.25, 0.3) is 11.1 Å². The maximum Gasteiger partial charge on any atom is 0.256 e. The van der Waals surface area contributed by atoms with E-state index in [9.17, 15) is 14.4 Å². The fourth-order valence-corrected chi connectivity index (χ4v) is 5.50. The second-order valence-corrected chi connectivity index (χ2v) is 9.70. The molecule has 2 saturated heterocycles. The molecule has 4 N–H and O–H groups in total. The lowest BCUT2D eigenvalue weighted by atomic mass is 9.93. The van der Waals surface area contributed by atoms with Gasteiger partial charge < -0.3 is 30.3 Å². The van der Waals surface area contributed by atoms with Gasteiger partial charge in [-0.3, -0.25) is 14.4 Å². The zero-order valence-corrected chi connectivity index (χ0v) is 20.7. The van der Waals surface area contributed by atoms with Crippen LogP contribution in [0.1, 0.15) is 36.0 Å². The Balaban J connectivity index is 1.36.